The normalized spacial score (nSPS) is 17.0. The lowest BCUT2D eigenvalue weighted by Gasteiger charge is -2.18. The molecule has 152 valence electrons. The molecule has 1 aliphatic heterocycles. The second-order valence-corrected chi connectivity index (χ2v) is 6.78. The molecule has 2 aromatic carbocycles. The second-order valence-electron chi connectivity index (χ2n) is 6.78. The molecule has 1 saturated heterocycles. The number of esters is 1. The molecule has 1 amide bonds. The highest BCUT2D eigenvalue weighted by Gasteiger charge is 2.37. The van der Waals surface area contributed by atoms with Crippen molar-refractivity contribution in [3.8, 4) is 11.5 Å². The lowest BCUT2D eigenvalue weighted by Crippen LogP contribution is -2.30. The summed E-state index contributed by atoms with van der Waals surface area (Å²) in [6, 6.07) is 13.7. The number of amides is 1. The van der Waals surface area contributed by atoms with E-state index in [-0.39, 0.29) is 24.7 Å². The summed E-state index contributed by atoms with van der Waals surface area (Å²) in [6.07, 6.45) is -0.906. The van der Waals surface area contributed by atoms with Crippen molar-refractivity contribution >= 4 is 23.3 Å². The Balaban J connectivity index is 1.62. The number of methoxy groups -OCH3 is 2. The van der Waals surface area contributed by atoms with E-state index in [0.717, 1.165) is 0 Å². The summed E-state index contributed by atoms with van der Waals surface area (Å²) < 4.78 is 15.6. The van der Waals surface area contributed by atoms with Crippen molar-refractivity contribution in [3.63, 3.8) is 0 Å². The number of hydrogen-bond donors (Lipinski definition) is 0. The standard InChI is InChI=1S/C22H23NO6/c1-14(21(25)15-7-9-18(27-2)10-8-15)29-22(26)16-11-20(24)23(13-16)17-5-4-6-19(12-17)28-3/h4-10,12,14,16H,11,13H2,1-3H3. The Morgan fingerprint density at radius 3 is 2.38 bits per heavy atom. The number of ether oxygens (including phenoxy) is 3. The van der Waals surface area contributed by atoms with Crippen LogP contribution in [0.4, 0.5) is 5.69 Å². The number of Topliss-reactive ketones (excluding diaryl/α,β-unsaturated/α-hetero) is 1. The molecule has 2 unspecified atom stereocenters. The molecule has 2 aromatic rings. The Morgan fingerprint density at radius 1 is 1.03 bits per heavy atom. The fraction of sp³-hybridized carbons (Fsp3) is 0.318. The van der Waals surface area contributed by atoms with Gasteiger partial charge in [0, 0.05) is 30.3 Å². The molecule has 0 bridgehead atoms. The van der Waals surface area contributed by atoms with Gasteiger partial charge in [-0.15, -0.1) is 0 Å². The van der Waals surface area contributed by atoms with E-state index in [1.54, 1.807) is 62.8 Å². The molecule has 29 heavy (non-hydrogen) atoms. The second kappa shape index (κ2) is 8.77. The van der Waals surface area contributed by atoms with E-state index >= 15 is 0 Å². The molecule has 0 aliphatic carbocycles. The highest BCUT2D eigenvalue weighted by molar-refractivity contribution is 6.02. The first kappa shape index (κ1) is 20.4. The Morgan fingerprint density at radius 2 is 1.72 bits per heavy atom. The molecule has 0 spiro atoms. The van der Waals surface area contributed by atoms with Gasteiger partial charge in [0.15, 0.2) is 6.10 Å². The predicted molar refractivity (Wildman–Crippen MR) is 106 cm³/mol. The number of nitrogens with zero attached hydrogens (tertiary/aromatic N) is 1. The van der Waals surface area contributed by atoms with Gasteiger partial charge in [-0.1, -0.05) is 6.07 Å². The van der Waals surface area contributed by atoms with Gasteiger partial charge in [0.25, 0.3) is 0 Å². The van der Waals surface area contributed by atoms with E-state index in [1.807, 2.05) is 0 Å². The maximum absolute atomic E-state index is 12.5. The van der Waals surface area contributed by atoms with Crippen LogP contribution in [-0.2, 0) is 14.3 Å². The molecular weight excluding hydrogens is 374 g/mol. The first-order chi connectivity index (χ1) is 13.9. The summed E-state index contributed by atoms with van der Waals surface area (Å²) >= 11 is 0. The zero-order valence-electron chi connectivity index (χ0n) is 16.6. The van der Waals surface area contributed by atoms with E-state index in [1.165, 1.54) is 11.8 Å². The van der Waals surface area contributed by atoms with Crippen LogP contribution in [0.2, 0.25) is 0 Å². The molecule has 0 aromatic heterocycles. The van der Waals surface area contributed by atoms with E-state index in [9.17, 15) is 14.4 Å². The monoisotopic (exact) mass is 397 g/mol. The number of carbonyl (C=O) groups is 3. The molecule has 2 atom stereocenters. The number of benzene rings is 2. The summed E-state index contributed by atoms with van der Waals surface area (Å²) in [5, 5.41) is 0. The predicted octanol–water partition coefficient (Wildman–Crippen LogP) is 2.87. The van der Waals surface area contributed by atoms with Gasteiger partial charge in [0.2, 0.25) is 11.7 Å². The van der Waals surface area contributed by atoms with Crippen LogP contribution >= 0.6 is 0 Å². The third kappa shape index (κ3) is 4.56. The van der Waals surface area contributed by atoms with Crippen molar-refractivity contribution in [3.05, 3.63) is 54.1 Å². The Labute approximate surface area is 169 Å². The number of rotatable bonds is 7. The van der Waals surface area contributed by atoms with E-state index < -0.39 is 18.0 Å². The van der Waals surface area contributed by atoms with Crippen LogP contribution in [0.3, 0.4) is 0 Å². The van der Waals surface area contributed by atoms with Gasteiger partial charge >= 0.3 is 5.97 Å². The number of carbonyl (C=O) groups excluding carboxylic acids is 3. The molecule has 3 rings (SSSR count). The fourth-order valence-corrected chi connectivity index (χ4v) is 3.21. The van der Waals surface area contributed by atoms with Crippen molar-refractivity contribution < 1.29 is 28.6 Å². The maximum atomic E-state index is 12.5. The average molecular weight is 397 g/mol. The van der Waals surface area contributed by atoms with Crippen LogP contribution < -0.4 is 14.4 Å². The Kier molecular flexibility index (Phi) is 6.16. The van der Waals surface area contributed by atoms with Crippen LogP contribution in [-0.4, -0.2) is 44.5 Å². The first-order valence-electron chi connectivity index (χ1n) is 9.26. The van der Waals surface area contributed by atoms with Crippen molar-refractivity contribution in [1.29, 1.82) is 0 Å². The summed E-state index contributed by atoms with van der Waals surface area (Å²) in [6.45, 7) is 1.73. The highest BCUT2D eigenvalue weighted by Crippen LogP contribution is 2.28. The Hall–Kier alpha value is -3.35. The van der Waals surface area contributed by atoms with Gasteiger partial charge in [-0.25, -0.2) is 0 Å². The van der Waals surface area contributed by atoms with Gasteiger partial charge in [0.1, 0.15) is 11.5 Å². The summed E-state index contributed by atoms with van der Waals surface area (Å²) in [5.41, 5.74) is 1.08. The molecule has 0 radical (unpaired) electrons. The summed E-state index contributed by atoms with van der Waals surface area (Å²) in [5.74, 6) is -0.407. The third-order valence-corrected chi connectivity index (χ3v) is 4.86. The molecule has 1 heterocycles. The lowest BCUT2D eigenvalue weighted by atomic mass is 10.1. The zero-order chi connectivity index (χ0) is 21.0. The molecule has 0 N–H and O–H groups in total. The van der Waals surface area contributed by atoms with Crippen molar-refractivity contribution in [2.24, 2.45) is 5.92 Å². The molecule has 1 fully saturated rings. The number of hydrogen-bond acceptors (Lipinski definition) is 6. The molecular formula is C22H23NO6. The average Bonchev–Trinajstić information content (AvgIpc) is 3.15. The van der Waals surface area contributed by atoms with Gasteiger partial charge < -0.3 is 19.1 Å². The lowest BCUT2D eigenvalue weighted by molar-refractivity contribution is -0.151. The minimum absolute atomic E-state index is 0.0412. The Bertz CT molecular complexity index is 908. The minimum atomic E-state index is -0.947. The van der Waals surface area contributed by atoms with Crippen LogP contribution in [0.25, 0.3) is 0 Å². The van der Waals surface area contributed by atoms with E-state index in [4.69, 9.17) is 14.2 Å². The van der Waals surface area contributed by atoms with Crippen LogP contribution in [0.1, 0.15) is 23.7 Å². The van der Waals surface area contributed by atoms with Crippen molar-refractivity contribution in [2.75, 3.05) is 25.7 Å². The van der Waals surface area contributed by atoms with Gasteiger partial charge in [0.05, 0.1) is 20.1 Å². The molecule has 7 nitrogen and oxygen atoms in total. The third-order valence-electron chi connectivity index (χ3n) is 4.86. The quantitative estimate of drug-likeness (QED) is 0.528. The SMILES string of the molecule is COc1ccc(C(=O)C(C)OC(=O)C2CC(=O)N(c3cccc(OC)c3)C2)cc1. The highest BCUT2D eigenvalue weighted by atomic mass is 16.5. The topological polar surface area (TPSA) is 82.1 Å². The number of ketones is 1. The summed E-state index contributed by atoms with van der Waals surface area (Å²) in [7, 11) is 3.09. The van der Waals surface area contributed by atoms with E-state index in [2.05, 4.69) is 0 Å². The number of anilines is 1. The van der Waals surface area contributed by atoms with Crippen LogP contribution in [0, 0.1) is 5.92 Å². The van der Waals surface area contributed by atoms with Crippen LogP contribution in [0.15, 0.2) is 48.5 Å². The molecule has 0 saturated carbocycles. The van der Waals surface area contributed by atoms with Gasteiger partial charge in [-0.05, 0) is 43.3 Å². The zero-order valence-corrected chi connectivity index (χ0v) is 16.6. The smallest absolute Gasteiger partial charge is 0.312 e. The van der Waals surface area contributed by atoms with Crippen LogP contribution in [0.5, 0.6) is 11.5 Å². The molecule has 1 aliphatic rings. The van der Waals surface area contributed by atoms with Crippen molar-refractivity contribution in [2.45, 2.75) is 19.4 Å². The van der Waals surface area contributed by atoms with Crippen molar-refractivity contribution in [1.82, 2.24) is 0 Å². The maximum Gasteiger partial charge on any atom is 0.312 e. The van der Waals surface area contributed by atoms with Gasteiger partial charge in [-0.3, -0.25) is 14.4 Å². The summed E-state index contributed by atoms with van der Waals surface area (Å²) in [4.78, 5) is 39.0. The van der Waals surface area contributed by atoms with E-state index in [0.29, 0.717) is 22.7 Å². The van der Waals surface area contributed by atoms with Gasteiger partial charge in [-0.2, -0.15) is 0 Å². The minimum Gasteiger partial charge on any atom is -0.497 e. The molecule has 7 heteroatoms. The largest absolute Gasteiger partial charge is 0.497 e. The first-order valence-corrected chi connectivity index (χ1v) is 9.26. The fourth-order valence-electron chi connectivity index (χ4n) is 3.21.